The zero-order chi connectivity index (χ0) is 31.5. The van der Waals surface area contributed by atoms with Crippen molar-refractivity contribution in [2.24, 2.45) is 11.8 Å². The van der Waals surface area contributed by atoms with Crippen LogP contribution in [0, 0.1) is 11.8 Å². The Balaban J connectivity index is 1.29. The molecule has 1 amide bonds. The number of hydrogen-bond acceptors (Lipinski definition) is 2. The number of halogens is 6. The maximum atomic E-state index is 13.6. The fourth-order valence-electron chi connectivity index (χ4n) is 7.00. The second-order valence-corrected chi connectivity index (χ2v) is 12.4. The smallest absolute Gasteiger partial charge is 0.346 e. The third-order valence-corrected chi connectivity index (χ3v) is 9.62. The molecule has 3 nitrogen and oxygen atoms in total. The van der Waals surface area contributed by atoms with Crippen molar-refractivity contribution in [3.63, 3.8) is 0 Å². The first-order valence-electron chi connectivity index (χ1n) is 15.3. The lowest BCUT2D eigenvalue weighted by molar-refractivity contribution is -0.143. The first-order chi connectivity index (χ1) is 20.8. The molecule has 0 radical (unpaired) electrons. The van der Waals surface area contributed by atoms with E-state index >= 15 is 0 Å². The topological polar surface area (TPSA) is 32.3 Å². The fourth-order valence-corrected chi connectivity index (χ4v) is 7.00. The van der Waals surface area contributed by atoms with Gasteiger partial charge in [-0.15, -0.1) is 0 Å². The number of piperidine rings is 1. The fraction of sp³-hybridized carbons (Fsp3) is 0.457. The molecule has 2 aliphatic rings. The van der Waals surface area contributed by atoms with E-state index in [1.165, 1.54) is 12.5 Å². The van der Waals surface area contributed by atoms with Gasteiger partial charge in [-0.2, -0.15) is 26.3 Å². The van der Waals surface area contributed by atoms with E-state index in [4.69, 9.17) is 0 Å². The summed E-state index contributed by atoms with van der Waals surface area (Å²) in [7, 11) is 0. The Morgan fingerprint density at radius 3 is 1.82 bits per heavy atom. The van der Waals surface area contributed by atoms with Crippen LogP contribution in [0.4, 0.5) is 26.3 Å². The monoisotopic (exact) mass is 616 g/mol. The summed E-state index contributed by atoms with van der Waals surface area (Å²) in [5, 5.41) is 3.11. The zero-order valence-corrected chi connectivity index (χ0v) is 24.7. The first kappa shape index (κ1) is 32.1. The summed E-state index contributed by atoms with van der Waals surface area (Å²) in [6.07, 6.45) is -4.67. The predicted molar refractivity (Wildman–Crippen MR) is 158 cm³/mol. The molecule has 1 aliphatic carbocycles. The van der Waals surface area contributed by atoms with E-state index in [0.717, 1.165) is 50.9 Å². The number of nitrogens with one attached hydrogen (secondary N) is 1. The molecule has 0 bridgehead atoms. The molecular weight excluding hydrogens is 578 g/mol. The van der Waals surface area contributed by atoms with Gasteiger partial charge in [0, 0.05) is 6.54 Å². The van der Waals surface area contributed by atoms with E-state index < -0.39 is 40.8 Å². The van der Waals surface area contributed by atoms with E-state index in [1.54, 1.807) is 0 Å². The molecule has 1 heterocycles. The van der Waals surface area contributed by atoms with Gasteiger partial charge in [0.05, 0.1) is 22.6 Å². The molecule has 0 aromatic heterocycles. The van der Waals surface area contributed by atoms with Gasteiger partial charge >= 0.3 is 12.4 Å². The Hall–Kier alpha value is -3.33. The predicted octanol–water partition coefficient (Wildman–Crippen LogP) is 8.94. The van der Waals surface area contributed by atoms with Gasteiger partial charge in [0.25, 0.3) is 0 Å². The summed E-state index contributed by atoms with van der Waals surface area (Å²) in [4.78, 5) is 16.1. The summed E-state index contributed by atoms with van der Waals surface area (Å²) < 4.78 is 81.0. The van der Waals surface area contributed by atoms with Gasteiger partial charge in [0.1, 0.15) is 0 Å². The molecule has 0 unspecified atom stereocenters. The summed E-state index contributed by atoms with van der Waals surface area (Å²) in [5.74, 6) is -0.728. The lowest BCUT2D eigenvalue weighted by Crippen LogP contribution is -2.50. The van der Waals surface area contributed by atoms with Gasteiger partial charge in [0.15, 0.2) is 0 Å². The van der Waals surface area contributed by atoms with Crippen molar-refractivity contribution >= 4 is 5.91 Å². The SMILES string of the molecule is C[C@H](C(=O)NC1(c2ccccc2)CCC(C2CCN(Cc3ccccc3)CC2)CC1)c1cc(C(F)(F)F)cc(C(F)(F)F)c1. The van der Waals surface area contributed by atoms with Crippen LogP contribution < -0.4 is 5.32 Å². The van der Waals surface area contributed by atoms with Gasteiger partial charge in [-0.05, 0) is 105 Å². The zero-order valence-electron chi connectivity index (χ0n) is 24.7. The molecule has 0 spiro atoms. The highest BCUT2D eigenvalue weighted by Crippen LogP contribution is 2.45. The molecule has 1 saturated carbocycles. The Labute approximate surface area is 254 Å². The highest BCUT2D eigenvalue weighted by Gasteiger charge is 2.42. The number of benzene rings is 3. The standard InChI is InChI=1S/C35H38F6N2O/c1-24(28-20-30(34(36,37)38)22-31(21-28)35(39,40)41)32(44)42-33(29-10-6-3-7-11-29)16-12-26(13-17-33)27-14-18-43(19-15-27)23-25-8-4-2-5-9-25/h2-11,20-22,24,26-27H,12-19,23H2,1H3,(H,42,44)/t24-,26?,33?/m0/s1. The molecule has 5 rings (SSSR count). The molecule has 44 heavy (non-hydrogen) atoms. The van der Waals surface area contributed by atoms with Crippen LogP contribution in [0.25, 0.3) is 0 Å². The minimum atomic E-state index is -4.98. The maximum absolute atomic E-state index is 13.6. The minimum Gasteiger partial charge on any atom is -0.346 e. The van der Waals surface area contributed by atoms with Gasteiger partial charge < -0.3 is 5.32 Å². The van der Waals surface area contributed by atoms with Crippen LogP contribution in [0.3, 0.4) is 0 Å². The van der Waals surface area contributed by atoms with E-state index in [2.05, 4.69) is 34.5 Å². The molecule has 3 aromatic carbocycles. The molecule has 1 atom stereocenters. The third-order valence-electron chi connectivity index (χ3n) is 9.62. The molecule has 3 aromatic rings. The van der Waals surface area contributed by atoms with E-state index in [9.17, 15) is 31.1 Å². The normalized spacial score (nSPS) is 22.8. The van der Waals surface area contributed by atoms with E-state index in [1.807, 2.05) is 36.4 Å². The van der Waals surface area contributed by atoms with Gasteiger partial charge in [-0.1, -0.05) is 60.7 Å². The molecule has 1 saturated heterocycles. The number of amides is 1. The molecule has 1 N–H and O–H groups in total. The number of carbonyl (C=O) groups is 1. The van der Waals surface area contributed by atoms with Crippen LogP contribution in [0.15, 0.2) is 78.9 Å². The van der Waals surface area contributed by atoms with Crippen LogP contribution in [0.2, 0.25) is 0 Å². The number of alkyl halides is 6. The number of rotatable bonds is 7. The van der Waals surface area contributed by atoms with Crippen LogP contribution >= 0.6 is 0 Å². The quantitative estimate of drug-likeness (QED) is 0.269. The minimum absolute atomic E-state index is 0.0903. The van der Waals surface area contributed by atoms with Crippen molar-refractivity contribution < 1.29 is 31.1 Å². The Morgan fingerprint density at radius 1 is 0.795 bits per heavy atom. The number of carbonyl (C=O) groups excluding carboxylic acids is 1. The van der Waals surface area contributed by atoms with Crippen molar-refractivity contribution in [1.29, 1.82) is 0 Å². The van der Waals surface area contributed by atoms with Gasteiger partial charge in [-0.3, -0.25) is 9.69 Å². The summed E-state index contributed by atoms with van der Waals surface area (Å²) in [6, 6.07) is 21.3. The molecule has 236 valence electrons. The molecular formula is C35H38F6N2O. The first-order valence-corrected chi connectivity index (χ1v) is 15.3. The third kappa shape index (κ3) is 7.48. The Morgan fingerprint density at radius 2 is 1.30 bits per heavy atom. The van der Waals surface area contributed by atoms with Crippen LogP contribution in [0.1, 0.15) is 79.2 Å². The van der Waals surface area contributed by atoms with E-state index in [0.29, 0.717) is 36.8 Å². The van der Waals surface area contributed by atoms with Crippen molar-refractivity contribution in [3.8, 4) is 0 Å². The van der Waals surface area contributed by atoms with Gasteiger partial charge in [0.2, 0.25) is 5.91 Å². The number of likely N-dealkylation sites (tertiary alicyclic amines) is 1. The largest absolute Gasteiger partial charge is 0.416 e. The van der Waals surface area contributed by atoms with E-state index in [-0.39, 0.29) is 11.6 Å². The number of hydrogen-bond donors (Lipinski definition) is 1. The Kier molecular flexibility index (Phi) is 9.44. The number of nitrogens with zero attached hydrogens (tertiary/aromatic N) is 1. The van der Waals surface area contributed by atoms with Crippen LogP contribution in [-0.4, -0.2) is 23.9 Å². The lowest BCUT2D eigenvalue weighted by Gasteiger charge is -2.45. The highest BCUT2D eigenvalue weighted by atomic mass is 19.4. The molecule has 2 fully saturated rings. The second-order valence-electron chi connectivity index (χ2n) is 12.4. The molecule has 9 heteroatoms. The summed E-state index contributed by atoms with van der Waals surface area (Å²) in [6.45, 7) is 4.37. The average molecular weight is 617 g/mol. The summed E-state index contributed by atoms with van der Waals surface area (Å²) in [5.41, 5.74) is -1.70. The van der Waals surface area contributed by atoms with Crippen molar-refractivity contribution in [3.05, 3.63) is 107 Å². The van der Waals surface area contributed by atoms with Crippen LogP contribution in [-0.2, 0) is 29.2 Å². The maximum Gasteiger partial charge on any atom is 0.416 e. The van der Waals surface area contributed by atoms with Crippen molar-refractivity contribution in [2.45, 2.75) is 75.8 Å². The average Bonchev–Trinajstić information content (AvgIpc) is 3.01. The lowest BCUT2D eigenvalue weighted by atomic mass is 9.67. The second kappa shape index (κ2) is 13.0. The summed E-state index contributed by atoms with van der Waals surface area (Å²) >= 11 is 0. The molecule has 1 aliphatic heterocycles. The highest BCUT2D eigenvalue weighted by molar-refractivity contribution is 5.84. The van der Waals surface area contributed by atoms with Crippen LogP contribution in [0.5, 0.6) is 0 Å². The van der Waals surface area contributed by atoms with Crippen molar-refractivity contribution in [2.75, 3.05) is 13.1 Å². The van der Waals surface area contributed by atoms with Gasteiger partial charge in [-0.25, -0.2) is 0 Å². The Bertz CT molecular complexity index is 1360. The van der Waals surface area contributed by atoms with Crippen molar-refractivity contribution in [1.82, 2.24) is 10.2 Å².